The summed E-state index contributed by atoms with van der Waals surface area (Å²) in [6, 6.07) is 5.46. The van der Waals surface area contributed by atoms with Gasteiger partial charge in [0, 0.05) is 5.69 Å². The Morgan fingerprint density at radius 1 is 1.53 bits per heavy atom. The maximum atomic E-state index is 11.1. The number of nitrogens with two attached hydrogens (primary N) is 1. The van der Waals surface area contributed by atoms with E-state index in [0.717, 1.165) is 16.8 Å². The number of hydrogen-bond acceptors (Lipinski definition) is 3. The molecule has 2 rings (SSSR count). The van der Waals surface area contributed by atoms with Gasteiger partial charge in [0.1, 0.15) is 0 Å². The first-order chi connectivity index (χ1) is 7.19. The van der Waals surface area contributed by atoms with Crippen molar-refractivity contribution in [3.8, 4) is 0 Å². The minimum absolute atomic E-state index is 0.00886. The van der Waals surface area contributed by atoms with Crippen LogP contribution in [-0.4, -0.2) is 11.8 Å². The van der Waals surface area contributed by atoms with E-state index in [0.29, 0.717) is 6.42 Å². The molecule has 0 saturated heterocycles. The molecule has 1 heterocycles. The smallest absolute Gasteiger partial charge is 0.238 e. The number of amides is 2. The molecule has 0 atom stereocenters. The summed E-state index contributed by atoms with van der Waals surface area (Å²) < 4.78 is 0. The van der Waals surface area contributed by atoms with Crippen molar-refractivity contribution in [1.82, 2.24) is 5.43 Å². The van der Waals surface area contributed by atoms with E-state index in [1.54, 1.807) is 12.1 Å². The summed E-state index contributed by atoms with van der Waals surface area (Å²) in [4.78, 5) is 22.1. The first-order valence-electron chi connectivity index (χ1n) is 4.60. The zero-order valence-electron chi connectivity index (χ0n) is 8.04. The summed E-state index contributed by atoms with van der Waals surface area (Å²) in [5.74, 6) is 4.74. The Balaban J connectivity index is 2.20. The van der Waals surface area contributed by atoms with Gasteiger partial charge in [-0.25, -0.2) is 5.84 Å². The number of nitrogens with one attached hydrogen (secondary N) is 2. The molecule has 0 fully saturated rings. The van der Waals surface area contributed by atoms with Crippen LogP contribution in [-0.2, 0) is 22.4 Å². The average molecular weight is 205 g/mol. The summed E-state index contributed by atoms with van der Waals surface area (Å²) in [5, 5.41) is 2.73. The second-order valence-corrected chi connectivity index (χ2v) is 3.46. The topological polar surface area (TPSA) is 84.2 Å². The lowest BCUT2D eigenvalue weighted by Gasteiger charge is -2.03. The van der Waals surface area contributed by atoms with E-state index in [4.69, 9.17) is 5.84 Å². The summed E-state index contributed by atoms with van der Waals surface area (Å²) in [6.07, 6.45) is 0.616. The van der Waals surface area contributed by atoms with Crippen molar-refractivity contribution in [2.45, 2.75) is 12.8 Å². The van der Waals surface area contributed by atoms with Crippen LogP contribution < -0.4 is 16.6 Å². The van der Waals surface area contributed by atoms with Crippen molar-refractivity contribution in [3.63, 3.8) is 0 Å². The van der Waals surface area contributed by atoms with E-state index >= 15 is 0 Å². The van der Waals surface area contributed by atoms with Crippen molar-refractivity contribution >= 4 is 17.5 Å². The van der Waals surface area contributed by atoms with Gasteiger partial charge in [-0.05, 0) is 17.2 Å². The van der Waals surface area contributed by atoms with Crippen molar-refractivity contribution in [1.29, 1.82) is 0 Å². The molecule has 0 aromatic heterocycles. The van der Waals surface area contributed by atoms with Gasteiger partial charge in [-0.3, -0.25) is 15.0 Å². The van der Waals surface area contributed by atoms with Crippen LogP contribution >= 0.6 is 0 Å². The lowest BCUT2D eigenvalue weighted by atomic mass is 10.1. The first-order valence-corrected chi connectivity index (χ1v) is 4.60. The summed E-state index contributed by atoms with van der Waals surface area (Å²) in [5.41, 5.74) is 4.69. The van der Waals surface area contributed by atoms with Crippen molar-refractivity contribution in [2.24, 2.45) is 5.84 Å². The Bertz CT molecular complexity index is 429. The highest BCUT2D eigenvalue weighted by Gasteiger charge is 2.17. The maximum Gasteiger partial charge on any atom is 0.238 e. The Morgan fingerprint density at radius 2 is 2.33 bits per heavy atom. The number of fused-ring (bicyclic) bond motifs is 1. The summed E-state index contributed by atoms with van der Waals surface area (Å²) in [6.45, 7) is 0. The molecule has 1 aliphatic heterocycles. The monoisotopic (exact) mass is 205 g/mol. The van der Waals surface area contributed by atoms with Crippen LogP contribution in [0.4, 0.5) is 5.69 Å². The molecular formula is C10H11N3O2. The molecule has 2 amide bonds. The minimum Gasteiger partial charge on any atom is -0.326 e. The highest BCUT2D eigenvalue weighted by molar-refractivity contribution is 5.99. The second-order valence-electron chi connectivity index (χ2n) is 3.46. The number of carbonyl (C=O) groups is 2. The van der Waals surface area contributed by atoms with E-state index < -0.39 is 0 Å². The van der Waals surface area contributed by atoms with Gasteiger partial charge in [0.2, 0.25) is 11.8 Å². The van der Waals surface area contributed by atoms with Gasteiger partial charge < -0.3 is 5.32 Å². The van der Waals surface area contributed by atoms with E-state index in [1.807, 2.05) is 6.07 Å². The molecule has 15 heavy (non-hydrogen) atoms. The van der Waals surface area contributed by atoms with Crippen LogP contribution in [0.3, 0.4) is 0 Å². The Kier molecular flexibility index (Phi) is 2.39. The van der Waals surface area contributed by atoms with E-state index in [2.05, 4.69) is 10.7 Å². The molecule has 5 nitrogen and oxygen atoms in total. The Labute approximate surface area is 86.6 Å². The third-order valence-electron chi connectivity index (χ3n) is 2.32. The molecule has 0 unspecified atom stereocenters. The van der Waals surface area contributed by atoms with Crippen LogP contribution in [0.5, 0.6) is 0 Å². The van der Waals surface area contributed by atoms with Crippen molar-refractivity contribution < 1.29 is 9.59 Å². The number of benzene rings is 1. The molecular weight excluding hydrogens is 194 g/mol. The SMILES string of the molecule is NNC(=O)Cc1ccc2c(c1)CC(=O)N2. The Morgan fingerprint density at radius 3 is 3.07 bits per heavy atom. The van der Waals surface area contributed by atoms with Gasteiger partial charge in [-0.1, -0.05) is 12.1 Å². The third-order valence-corrected chi connectivity index (χ3v) is 2.32. The highest BCUT2D eigenvalue weighted by Crippen LogP contribution is 2.23. The van der Waals surface area contributed by atoms with E-state index in [1.165, 1.54) is 0 Å². The lowest BCUT2D eigenvalue weighted by molar-refractivity contribution is -0.120. The van der Waals surface area contributed by atoms with Gasteiger partial charge in [0.25, 0.3) is 0 Å². The molecule has 78 valence electrons. The fraction of sp³-hybridized carbons (Fsp3) is 0.200. The van der Waals surface area contributed by atoms with Crippen LogP contribution in [0.1, 0.15) is 11.1 Å². The normalized spacial score (nSPS) is 13.3. The van der Waals surface area contributed by atoms with Gasteiger partial charge in [0.15, 0.2) is 0 Å². The number of carbonyl (C=O) groups excluding carboxylic acids is 2. The van der Waals surface area contributed by atoms with Gasteiger partial charge in [-0.2, -0.15) is 0 Å². The number of hydrazine groups is 1. The molecule has 1 aliphatic rings. The van der Waals surface area contributed by atoms with Crippen molar-refractivity contribution in [2.75, 3.05) is 5.32 Å². The number of anilines is 1. The largest absolute Gasteiger partial charge is 0.326 e. The summed E-state index contributed by atoms with van der Waals surface area (Å²) in [7, 11) is 0. The average Bonchev–Trinajstić information content (AvgIpc) is 2.57. The second kappa shape index (κ2) is 3.70. The fourth-order valence-corrected chi connectivity index (χ4v) is 1.63. The predicted molar refractivity (Wildman–Crippen MR) is 54.8 cm³/mol. The van der Waals surface area contributed by atoms with Crippen molar-refractivity contribution in [3.05, 3.63) is 29.3 Å². The molecule has 0 saturated carbocycles. The number of hydrogen-bond donors (Lipinski definition) is 3. The van der Waals surface area contributed by atoms with E-state index in [9.17, 15) is 9.59 Å². The van der Waals surface area contributed by atoms with Crippen LogP contribution in [0.15, 0.2) is 18.2 Å². The van der Waals surface area contributed by atoms with Crippen LogP contribution in [0.2, 0.25) is 0 Å². The molecule has 0 radical (unpaired) electrons. The molecule has 5 heteroatoms. The minimum atomic E-state index is -0.243. The standard InChI is InChI=1S/C10H11N3O2/c11-13-10(15)4-6-1-2-8-7(3-6)5-9(14)12-8/h1-3H,4-5,11H2,(H,12,14)(H,13,15). The van der Waals surface area contributed by atoms with Crippen LogP contribution in [0, 0.1) is 0 Å². The lowest BCUT2D eigenvalue weighted by Crippen LogP contribution is -2.31. The Hall–Kier alpha value is -1.88. The van der Waals surface area contributed by atoms with Gasteiger partial charge in [-0.15, -0.1) is 0 Å². The molecule has 1 aromatic carbocycles. The zero-order chi connectivity index (χ0) is 10.8. The predicted octanol–water partition coefficient (Wildman–Crippen LogP) is -0.286. The van der Waals surface area contributed by atoms with E-state index in [-0.39, 0.29) is 18.2 Å². The molecule has 0 spiro atoms. The van der Waals surface area contributed by atoms with Gasteiger partial charge >= 0.3 is 0 Å². The quantitative estimate of drug-likeness (QED) is 0.352. The molecule has 0 bridgehead atoms. The third kappa shape index (κ3) is 1.97. The fourth-order valence-electron chi connectivity index (χ4n) is 1.63. The number of rotatable bonds is 2. The molecule has 0 aliphatic carbocycles. The maximum absolute atomic E-state index is 11.1. The molecule has 1 aromatic rings. The van der Waals surface area contributed by atoms with Crippen LogP contribution in [0.25, 0.3) is 0 Å². The highest BCUT2D eigenvalue weighted by atomic mass is 16.2. The summed E-state index contributed by atoms with van der Waals surface area (Å²) >= 11 is 0. The van der Waals surface area contributed by atoms with Gasteiger partial charge in [0.05, 0.1) is 12.8 Å². The first kappa shape index (κ1) is 9.67. The molecule has 4 N–H and O–H groups in total. The zero-order valence-corrected chi connectivity index (χ0v) is 8.04.